The van der Waals surface area contributed by atoms with E-state index in [1.165, 1.54) is 16.2 Å². The van der Waals surface area contributed by atoms with Crippen LogP contribution in [-0.2, 0) is 10.2 Å². The van der Waals surface area contributed by atoms with E-state index in [2.05, 4.69) is 69.9 Å². The molecule has 1 aliphatic carbocycles. The molecule has 180 valence electrons. The van der Waals surface area contributed by atoms with Crippen LogP contribution in [0.5, 0.6) is 0 Å². The van der Waals surface area contributed by atoms with Crippen molar-refractivity contribution in [3.63, 3.8) is 0 Å². The zero-order valence-corrected chi connectivity index (χ0v) is 23.0. The summed E-state index contributed by atoms with van der Waals surface area (Å²) in [6.07, 6.45) is 2.17. The van der Waals surface area contributed by atoms with Crippen LogP contribution in [0.15, 0.2) is 39.1 Å². The lowest BCUT2D eigenvalue weighted by molar-refractivity contribution is -0.118. The molecule has 4 rings (SSSR count). The molecule has 0 radical (unpaired) electrons. The summed E-state index contributed by atoms with van der Waals surface area (Å²) in [4.78, 5) is 17.7. The number of rotatable bonds is 5. The third-order valence-electron chi connectivity index (χ3n) is 6.05. The molecular weight excluding hydrogens is 483 g/mol. The number of ketones is 1. The second-order valence-corrected chi connectivity index (χ2v) is 14.0. The average molecular weight is 514 g/mol. The van der Waals surface area contributed by atoms with Crippen molar-refractivity contribution in [2.24, 2.45) is 11.1 Å². The van der Waals surface area contributed by atoms with E-state index in [0.717, 1.165) is 27.1 Å². The first-order valence-electron chi connectivity index (χ1n) is 11.5. The molecular formula is C25H31N5OS3. The van der Waals surface area contributed by atoms with E-state index in [0.29, 0.717) is 34.9 Å². The molecule has 0 aromatic carbocycles. The predicted octanol–water partition coefficient (Wildman–Crippen LogP) is 6.34. The molecule has 6 nitrogen and oxygen atoms in total. The summed E-state index contributed by atoms with van der Waals surface area (Å²) in [7, 11) is 0. The highest BCUT2D eigenvalue weighted by Crippen LogP contribution is 2.52. The first kappa shape index (κ1) is 25.0. The minimum Gasteiger partial charge on any atom is -0.384 e. The van der Waals surface area contributed by atoms with Crippen molar-refractivity contribution in [3.8, 4) is 6.07 Å². The number of carbonyl (C=O) groups excluding carboxylic acids is 1. The molecule has 2 N–H and O–H groups in total. The molecule has 0 saturated heterocycles. The largest absolute Gasteiger partial charge is 0.384 e. The van der Waals surface area contributed by atoms with Crippen LogP contribution in [0.2, 0.25) is 0 Å². The zero-order valence-electron chi connectivity index (χ0n) is 20.6. The number of nitriles is 1. The Morgan fingerprint density at radius 1 is 1.26 bits per heavy atom. The van der Waals surface area contributed by atoms with Crippen molar-refractivity contribution in [1.82, 2.24) is 10.2 Å². The summed E-state index contributed by atoms with van der Waals surface area (Å²) in [6.45, 7) is 12.8. The Bertz CT molecular complexity index is 1220. The molecule has 0 fully saturated rings. The van der Waals surface area contributed by atoms with Gasteiger partial charge in [0.15, 0.2) is 10.1 Å². The topological polar surface area (TPSA) is 95.9 Å². The summed E-state index contributed by atoms with van der Waals surface area (Å²) in [5.41, 5.74) is 8.44. The van der Waals surface area contributed by atoms with Crippen molar-refractivity contribution in [1.29, 1.82) is 5.26 Å². The molecule has 1 unspecified atom stereocenters. The van der Waals surface area contributed by atoms with Gasteiger partial charge in [-0.2, -0.15) is 5.26 Å². The highest BCUT2D eigenvalue weighted by molar-refractivity contribution is 8.01. The van der Waals surface area contributed by atoms with Crippen LogP contribution in [0.4, 0.5) is 5.13 Å². The molecule has 0 saturated carbocycles. The number of hydrogen-bond donors (Lipinski definition) is 1. The molecule has 1 atom stereocenters. The number of nitrogens with zero attached hydrogens (tertiary/aromatic N) is 4. The average Bonchev–Trinajstić information content (AvgIpc) is 3.40. The van der Waals surface area contributed by atoms with Crippen LogP contribution < -0.4 is 10.6 Å². The third kappa shape index (κ3) is 4.56. The Morgan fingerprint density at radius 2 is 2.00 bits per heavy atom. The number of carbonyl (C=O) groups is 1. The lowest BCUT2D eigenvalue weighted by atomic mass is 9.70. The molecule has 34 heavy (non-hydrogen) atoms. The summed E-state index contributed by atoms with van der Waals surface area (Å²) in [6, 6.07) is 6.51. The van der Waals surface area contributed by atoms with E-state index in [4.69, 9.17) is 5.73 Å². The minimum absolute atomic E-state index is 0.0133. The first-order valence-corrected chi connectivity index (χ1v) is 14.1. The van der Waals surface area contributed by atoms with E-state index < -0.39 is 5.92 Å². The zero-order chi connectivity index (χ0) is 24.8. The van der Waals surface area contributed by atoms with Gasteiger partial charge < -0.3 is 5.73 Å². The monoisotopic (exact) mass is 513 g/mol. The van der Waals surface area contributed by atoms with Crippen molar-refractivity contribution >= 4 is 45.4 Å². The Morgan fingerprint density at radius 3 is 2.62 bits per heavy atom. The van der Waals surface area contributed by atoms with Crippen molar-refractivity contribution in [3.05, 3.63) is 44.6 Å². The van der Waals surface area contributed by atoms with E-state index in [-0.39, 0.29) is 16.6 Å². The Balaban J connectivity index is 1.89. The molecule has 0 spiro atoms. The first-order chi connectivity index (χ1) is 16.0. The maximum Gasteiger partial charge on any atom is 0.219 e. The lowest BCUT2D eigenvalue weighted by Crippen LogP contribution is -2.42. The van der Waals surface area contributed by atoms with Gasteiger partial charge >= 0.3 is 0 Å². The van der Waals surface area contributed by atoms with Gasteiger partial charge in [-0.25, -0.2) is 0 Å². The maximum atomic E-state index is 13.6. The number of Topliss-reactive ketones (excluding diaryl/α,β-unsaturated/α-hetero) is 1. The molecule has 1 aliphatic heterocycles. The van der Waals surface area contributed by atoms with Crippen molar-refractivity contribution in [2.75, 3.05) is 10.7 Å². The van der Waals surface area contributed by atoms with Crippen molar-refractivity contribution < 1.29 is 4.79 Å². The minimum atomic E-state index is -0.442. The number of allylic oxidation sites excluding steroid dienone is 3. The summed E-state index contributed by atoms with van der Waals surface area (Å²) < 4.78 is 0.863. The van der Waals surface area contributed by atoms with E-state index >= 15 is 0 Å². The Kier molecular flexibility index (Phi) is 6.71. The van der Waals surface area contributed by atoms with Crippen LogP contribution in [0.25, 0.3) is 0 Å². The van der Waals surface area contributed by atoms with Crippen LogP contribution in [-0.4, -0.2) is 21.7 Å². The molecule has 0 bridgehead atoms. The molecule has 2 aromatic heterocycles. The molecule has 2 aromatic rings. The quantitative estimate of drug-likeness (QED) is 0.466. The number of thioether (sulfide) groups is 1. The predicted molar refractivity (Wildman–Crippen MR) is 141 cm³/mol. The third-order valence-corrected chi connectivity index (χ3v) is 9.87. The normalized spacial score (nSPS) is 20.6. The molecule has 3 heterocycles. The van der Waals surface area contributed by atoms with Crippen LogP contribution >= 0.6 is 34.4 Å². The van der Waals surface area contributed by atoms with Gasteiger partial charge in [-0.3, -0.25) is 9.69 Å². The Hall–Kier alpha value is -2.15. The fraction of sp³-hybridized carbons (Fsp3) is 0.520. The molecule has 2 aliphatic rings. The SMILES string of the molecule is CCCSc1nnc(N2C(N)=C(C#N)C(c3ccc(C(C)(C)C)s3)C3=C2CC(C)(C)CC3=O)s1. The summed E-state index contributed by atoms with van der Waals surface area (Å²) >= 11 is 4.78. The standard InChI is InChI=1S/C25H31N5OS3/c1-7-10-32-23-29-28-22(34-23)30-15-11-25(5,6)12-16(31)20(15)19(14(13-26)21(30)27)17-8-9-18(33-17)24(2,3)4/h8-9,19H,7,10-12,27H2,1-6H3. The van der Waals surface area contributed by atoms with E-state index in [1.807, 2.05) is 4.90 Å². The molecule has 0 amide bonds. The second kappa shape index (κ2) is 9.14. The number of aromatic nitrogens is 2. The smallest absolute Gasteiger partial charge is 0.219 e. The van der Waals surface area contributed by atoms with Gasteiger partial charge in [0.25, 0.3) is 0 Å². The van der Waals surface area contributed by atoms with Gasteiger partial charge in [-0.1, -0.05) is 64.6 Å². The summed E-state index contributed by atoms with van der Waals surface area (Å²) in [5, 5.41) is 19.6. The number of anilines is 1. The van der Waals surface area contributed by atoms with Gasteiger partial charge in [-0.05, 0) is 35.8 Å². The van der Waals surface area contributed by atoms with Crippen LogP contribution in [0.1, 0.15) is 76.5 Å². The highest BCUT2D eigenvalue weighted by atomic mass is 32.2. The van der Waals surface area contributed by atoms with Crippen LogP contribution in [0, 0.1) is 16.7 Å². The highest BCUT2D eigenvalue weighted by Gasteiger charge is 2.46. The lowest BCUT2D eigenvalue weighted by Gasteiger charge is -2.42. The van der Waals surface area contributed by atoms with Gasteiger partial charge in [0, 0.05) is 33.2 Å². The number of hydrogen-bond acceptors (Lipinski definition) is 9. The molecule has 9 heteroatoms. The van der Waals surface area contributed by atoms with Gasteiger partial charge in [0.05, 0.1) is 17.6 Å². The van der Waals surface area contributed by atoms with Gasteiger partial charge in [-0.15, -0.1) is 21.5 Å². The van der Waals surface area contributed by atoms with E-state index in [9.17, 15) is 10.1 Å². The maximum absolute atomic E-state index is 13.6. The second-order valence-electron chi connectivity index (χ2n) is 10.6. The fourth-order valence-electron chi connectivity index (χ4n) is 4.46. The van der Waals surface area contributed by atoms with E-state index in [1.54, 1.807) is 23.1 Å². The van der Waals surface area contributed by atoms with Gasteiger partial charge in [0.2, 0.25) is 5.13 Å². The number of nitrogens with two attached hydrogens (primary N) is 1. The summed E-state index contributed by atoms with van der Waals surface area (Å²) in [5.74, 6) is 0.949. The van der Waals surface area contributed by atoms with Crippen LogP contribution in [0.3, 0.4) is 0 Å². The Labute approximate surface area is 213 Å². The fourth-order valence-corrected chi connectivity index (χ4v) is 7.46. The van der Waals surface area contributed by atoms with Crippen molar-refractivity contribution in [2.45, 2.75) is 76.5 Å². The van der Waals surface area contributed by atoms with Gasteiger partial charge in [0.1, 0.15) is 5.82 Å². The number of thiophene rings is 1.